The molecule has 1 atom stereocenters. The average Bonchev–Trinajstić information content (AvgIpc) is 3.22. The monoisotopic (exact) mass is 441 g/mol. The molecule has 2 aromatic carbocycles. The molecule has 0 saturated heterocycles. The number of ether oxygens (including phenoxy) is 1. The van der Waals surface area contributed by atoms with Gasteiger partial charge in [0.25, 0.3) is 0 Å². The molecule has 1 N–H and O–H groups in total. The van der Waals surface area contributed by atoms with E-state index in [1.165, 1.54) is 5.56 Å². The highest BCUT2D eigenvalue weighted by Gasteiger charge is 2.33. The maximum Gasteiger partial charge on any atom is 0.230 e. The van der Waals surface area contributed by atoms with E-state index in [1.54, 1.807) is 11.8 Å². The second kappa shape index (κ2) is 9.03. The molecule has 4 aromatic rings. The number of benzene rings is 2. The first-order chi connectivity index (χ1) is 16.1. The molecule has 168 valence electrons. The van der Waals surface area contributed by atoms with Crippen LogP contribution >= 0.6 is 0 Å². The smallest absolute Gasteiger partial charge is 0.230 e. The maximum atomic E-state index is 13.2. The average molecular weight is 442 g/mol. The van der Waals surface area contributed by atoms with Gasteiger partial charge >= 0.3 is 0 Å². The summed E-state index contributed by atoms with van der Waals surface area (Å²) in [6, 6.07) is 18.1. The maximum absolute atomic E-state index is 13.2. The van der Waals surface area contributed by atoms with Gasteiger partial charge in [-0.2, -0.15) is 5.10 Å². The molecule has 2 aromatic heterocycles. The van der Waals surface area contributed by atoms with Gasteiger partial charge in [-0.15, -0.1) is 0 Å². The number of aromatic nitrogens is 3. The highest BCUT2D eigenvalue weighted by molar-refractivity contribution is 5.84. The number of aryl methyl sites for hydroxylation is 1. The van der Waals surface area contributed by atoms with Gasteiger partial charge in [0.1, 0.15) is 5.75 Å². The molecule has 33 heavy (non-hydrogen) atoms. The van der Waals surface area contributed by atoms with Crippen LogP contribution in [0, 0.1) is 0 Å². The van der Waals surface area contributed by atoms with Crippen LogP contribution in [0.15, 0.2) is 67.0 Å². The summed E-state index contributed by atoms with van der Waals surface area (Å²) in [7, 11) is 3.55. The van der Waals surface area contributed by atoms with Crippen molar-refractivity contribution in [2.24, 2.45) is 7.05 Å². The molecule has 1 aliphatic heterocycles. The van der Waals surface area contributed by atoms with Gasteiger partial charge in [-0.25, -0.2) is 0 Å². The van der Waals surface area contributed by atoms with Crippen molar-refractivity contribution in [2.75, 3.05) is 13.7 Å². The Bertz CT molecular complexity index is 1280. The Labute approximate surface area is 193 Å². The first-order valence-electron chi connectivity index (χ1n) is 11.1. The molecule has 0 fully saturated rings. The molecule has 0 spiro atoms. The lowest BCUT2D eigenvalue weighted by atomic mass is 9.95. The van der Waals surface area contributed by atoms with Gasteiger partial charge < -0.3 is 10.1 Å². The third-order valence-corrected chi connectivity index (χ3v) is 6.12. The Balaban J connectivity index is 1.31. The van der Waals surface area contributed by atoms with Crippen LogP contribution in [0.2, 0.25) is 0 Å². The van der Waals surface area contributed by atoms with Crippen LogP contribution in [0.25, 0.3) is 10.9 Å². The number of carbonyl (C=O) groups is 1. The first-order valence-corrected chi connectivity index (χ1v) is 11.1. The molecular formula is C26H27N5O2. The molecule has 0 radical (unpaired) electrons. The van der Waals surface area contributed by atoms with E-state index in [-0.39, 0.29) is 11.8 Å². The van der Waals surface area contributed by atoms with E-state index in [9.17, 15) is 4.79 Å². The molecule has 0 bridgehead atoms. The number of pyridine rings is 1. The Morgan fingerprint density at radius 1 is 1.15 bits per heavy atom. The van der Waals surface area contributed by atoms with Gasteiger partial charge in [-0.05, 0) is 41.5 Å². The zero-order valence-corrected chi connectivity index (χ0v) is 18.9. The second-order valence-electron chi connectivity index (χ2n) is 8.53. The van der Waals surface area contributed by atoms with Crippen LogP contribution in [-0.2, 0) is 31.5 Å². The van der Waals surface area contributed by atoms with Crippen LogP contribution < -0.4 is 10.1 Å². The molecule has 0 aliphatic carbocycles. The minimum absolute atomic E-state index is 0.00169. The zero-order valence-electron chi connectivity index (χ0n) is 18.9. The normalized spacial score (nSPS) is 15.9. The topological polar surface area (TPSA) is 72.3 Å². The van der Waals surface area contributed by atoms with Crippen molar-refractivity contribution in [1.82, 2.24) is 25.0 Å². The van der Waals surface area contributed by atoms with Gasteiger partial charge in [0.2, 0.25) is 5.91 Å². The number of hydrogen-bond acceptors (Lipinski definition) is 5. The SMILES string of the molecule is COc1ccc(CNC(=O)C2CN(Cc3ccc4ncccc4c3)Cc3cn(C)nc32)cc1. The fourth-order valence-corrected chi connectivity index (χ4v) is 4.49. The van der Waals surface area contributed by atoms with Crippen molar-refractivity contribution in [1.29, 1.82) is 0 Å². The summed E-state index contributed by atoms with van der Waals surface area (Å²) in [5.41, 5.74) is 5.22. The summed E-state index contributed by atoms with van der Waals surface area (Å²) in [6.45, 7) is 2.64. The molecule has 7 heteroatoms. The Hall–Kier alpha value is -3.71. The minimum atomic E-state index is -0.310. The standard InChI is InChI=1S/C26H27N5O2/c1-30-15-21-16-31(14-19-7-10-24-20(12-19)4-3-11-27-24)17-23(25(21)29-30)26(32)28-13-18-5-8-22(33-2)9-6-18/h3-12,15,23H,13-14,16-17H2,1-2H3,(H,28,32). The molecule has 5 rings (SSSR count). The van der Waals surface area contributed by atoms with Crippen molar-refractivity contribution < 1.29 is 9.53 Å². The van der Waals surface area contributed by atoms with Crippen molar-refractivity contribution in [3.8, 4) is 5.75 Å². The van der Waals surface area contributed by atoms with Gasteiger partial charge in [-0.1, -0.05) is 24.3 Å². The molecule has 3 heterocycles. The zero-order chi connectivity index (χ0) is 22.8. The van der Waals surface area contributed by atoms with E-state index < -0.39 is 0 Å². The fourth-order valence-electron chi connectivity index (χ4n) is 4.49. The number of fused-ring (bicyclic) bond motifs is 2. The fraction of sp³-hybridized carbons (Fsp3) is 0.269. The number of carbonyl (C=O) groups excluding carboxylic acids is 1. The Kier molecular flexibility index (Phi) is 5.79. The van der Waals surface area contributed by atoms with Gasteiger partial charge in [0.15, 0.2) is 0 Å². The number of hydrogen-bond donors (Lipinski definition) is 1. The number of methoxy groups -OCH3 is 1. The molecule has 1 aliphatic rings. The summed E-state index contributed by atoms with van der Waals surface area (Å²) >= 11 is 0. The summed E-state index contributed by atoms with van der Waals surface area (Å²) < 4.78 is 7.01. The van der Waals surface area contributed by atoms with E-state index in [1.807, 2.05) is 49.8 Å². The first kappa shape index (κ1) is 21.2. The molecule has 0 saturated carbocycles. The summed E-state index contributed by atoms with van der Waals surface area (Å²) in [5.74, 6) is 0.490. The van der Waals surface area contributed by atoms with Crippen LogP contribution in [0.3, 0.4) is 0 Å². The number of amides is 1. The van der Waals surface area contributed by atoms with Crippen LogP contribution in [-0.4, -0.2) is 39.2 Å². The third-order valence-electron chi connectivity index (χ3n) is 6.12. The van der Waals surface area contributed by atoms with E-state index in [2.05, 4.69) is 44.6 Å². The largest absolute Gasteiger partial charge is 0.497 e. The molecule has 7 nitrogen and oxygen atoms in total. The number of rotatable bonds is 6. The summed E-state index contributed by atoms with van der Waals surface area (Å²) in [5, 5.41) is 8.85. The molecular weight excluding hydrogens is 414 g/mol. The molecule has 1 amide bonds. The Morgan fingerprint density at radius 3 is 2.79 bits per heavy atom. The number of nitrogens with one attached hydrogen (secondary N) is 1. The van der Waals surface area contributed by atoms with Crippen molar-refractivity contribution >= 4 is 16.8 Å². The van der Waals surface area contributed by atoms with Crippen molar-refractivity contribution in [3.05, 3.63) is 89.4 Å². The lowest BCUT2D eigenvalue weighted by molar-refractivity contribution is -0.123. The highest BCUT2D eigenvalue weighted by Crippen LogP contribution is 2.29. The van der Waals surface area contributed by atoms with Crippen LogP contribution in [0.4, 0.5) is 0 Å². The second-order valence-corrected chi connectivity index (χ2v) is 8.53. The van der Waals surface area contributed by atoms with Crippen molar-refractivity contribution in [2.45, 2.75) is 25.6 Å². The third kappa shape index (κ3) is 4.59. The highest BCUT2D eigenvalue weighted by atomic mass is 16.5. The van der Waals surface area contributed by atoms with E-state index in [4.69, 9.17) is 4.74 Å². The van der Waals surface area contributed by atoms with E-state index in [0.717, 1.165) is 46.6 Å². The lowest BCUT2D eigenvalue weighted by Gasteiger charge is -2.31. The Morgan fingerprint density at radius 2 is 1.97 bits per heavy atom. The van der Waals surface area contributed by atoms with Gasteiger partial charge in [-0.3, -0.25) is 19.4 Å². The lowest BCUT2D eigenvalue weighted by Crippen LogP contribution is -2.40. The predicted octanol–water partition coefficient (Wildman–Crippen LogP) is 3.39. The minimum Gasteiger partial charge on any atom is -0.497 e. The molecule has 1 unspecified atom stereocenters. The van der Waals surface area contributed by atoms with Gasteiger partial charge in [0, 0.05) is 56.6 Å². The summed E-state index contributed by atoms with van der Waals surface area (Å²) in [6.07, 6.45) is 3.83. The van der Waals surface area contributed by atoms with Crippen LogP contribution in [0.1, 0.15) is 28.3 Å². The van der Waals surface area contributed by atoms with Crippen LogP contribution in [0.5, 0.6) is 5.75 Å². The van der Waals surface area contributed by atoms with E-state index in [0.29, 0.717) is 13.1 Å². The van der Waals surface area contributed by atoms with Crippen molar-refractivity contribution in [3.63, 3.8) is 0 Å². The van der Waals surface area contributed by atoms with E-state index >= 15 is 0 Å². The quantitative estimate of drug-likeness (QED) is 0.497. The number of nitrogens with zero attached hydrogens (tertiary/aromatic N) is 4. The predicted molar refractivity (Wildman–Crippen MR) is 127 cm³/mol. The van der Waals surface area contributed by atoms with Gasteiger partial charge in [0.05, 0.1) is 24.2 Å². The summed E-state index contributed by atoms with van der Waals surface area (Å²) in [4.78, 5) is 19.9.